The first-order valence-corrected chi connectivity index (χ1v) is 5.03. The summed E-state index contributed by atoms with van der Waals surface area (Å²) in [6.07, 6.45) is 2.14. The SMILES string of the molecule is CC(C)Cc1nc2c([nH]1)CNCC2. The third-order valence-corrected chi connectivity index (χ3v) is 2.36. The van der Waals surface area contributed by atoms with E-state index < -0.39 is 0 Å². The summed E-state index contributed by atoms with van der Waals surface area (Å²) in [5.74, 6) is 1.84. The zero-order chi connectivity index (χ0) is 9.26. The van der Waals surface area contributed by atoms with Gasteiger partial charge in [-0.15, -0.1) is 0 Å². The number of nitrogens with one attached hydrogen (secondary N) is 2. The Labute approximate surface area is 79.0 Å². The van der Waals surface area contributed by atoms with E-state index in [1.54, 1.807) is 0 Å². The topological polar surface area (TPSA) is 40.7 Å². The molecular weight excluding hydrogens is 162 g/mol. The highest BCUT2D eigenvalue weighted by atomic mass is 15.0. The standard InChI is InChI=1S/C10H17N3/c1-7(2)5-10-12-8-3-4-11-6-9(8)13-10/h7,11H,3-6H2,1-2H3,(H,12,13). The Morgan fingerprint density at radius 1 is 1.46 bits per heavy atom. The average Bonchev–Trinajstić information content (AvgIpc) is 2.44. The van der Waals surface area contributed by atoms with Crippen molar-refractivity contribution < 1.29 is 0 Å². The maximum Gasteiger partial charge on any atom is 0.106 e. The van der Waals surface area contributed by atoms with Gasteiger partial charge in [0.1, 0.15) is 5.82 Å². The van der Waals surface area contributed by atoms with Gasteiger partial charge in [-0.3, -0.25) is 0 Å². The van der Waals surface area contributed by atoms with Crippen molar-refractivity contribution in [3.63, 3.8) is 0 Å². The summed E-state index contributed by atoms with van der Waals surface area (Å²) in [5, 5.41) is 3.34. The molecule has 13 heavy (non-hydrogen) atoms. The molecule has 0 atom stereocenters. The van der Waals surface area contributed by atoms with Gasteiger partial charge in [0.15, 0.2) is 0 Å². The molecule has 3 nitrogen and oxygen atoms in total. The zero-order valence-corrected chi connectivity index (χ0v) is 8.35. The van der Waals surface area contributed by atoms with E-state index in [1.807, 2.05) is 0 Å². The minimum absolute atomic E-state index is 0.681. The second-order valence-electron chi connectivity index (χ2n) is 4.13. The molecule has 2 heterocycles. The van der Waals surface area contributed by atoms with Crippen molar-refractivity contribution in [2.24, 2.45) is 5.92 Å². The van der Waals surface area contributed by atoms with Crippen molar-refractivity contribution in [1.82, 2.24) is 15.3 Å². The van der Waals surface area contributed by atoms with Crippen molar-refractivity contribution in [1.29, 1.82) is 0 Å². The molecule has 2 N–H and O–H groups in total. The Morgan fingerprint density at radius 2 is 2.31 bits per heavy atom. The van der Waals surface area contributed by atoms with Crippen LogP contribution in [0, 0.1) is 5.92 Å². The molecule has 1 aliphatic heterocycles. The van der Waals surface area contributed by atoms with E-state index in [4.69, 9.17) is 0 Å². The van der Waals surface area contributed by atoms with Crippen LogP contribution in [-0.4, -0.2) is 16.5 Å². The van der Waals surface area contributed by atoms with E-state index in [9.17, 15) is 0 Å². The molecule has 0 amide bonds. The van der Waals surface area contributed by atoms with Crippen molar-refractivity contribution in [2.75, 3.05) is 6.54 Å². The molecular formula is C10H17N3. The van der Waals surface area contributed by atoms with Gasteiger partial charge in [0.25, 0.3) is 0 Å². The number of rotatable bonds is 2. The highest BCUT2D eigenvalue weighted by molar-refractivity contribution is 5.17. The lowest BCUT2D eigenvalue weighted by atomic mass is 10.1. The van der Waals surface area contributed by atoms with Crippen LogP contribution in [0.2, 0.25) is 0 Å². The largest absolute Gasteiger partial charge is 0.345 e. The number of hydrogen-bond donors (Lipinski definition) is 2. The van der Waals surface area contributed by atoms with Gasteiger partial charge in [-0.1, -0.05) is 13.8 Å². The zero-order valence-electron chi connectivity index (χ0n) is 8.35. The molecule has 72 valence electrons. The molecule has 0 aliphatic carbocycles. The maximum absolute atomic E-state index is 4.60. The van der Waals surface area contributed by atoms with Crippen molar-refractivity contribution in [3.05, 3.63) is 17.2 Å². The second kappa shape index (κ2) is 3.50. The van der Waals surface area contributed by atoms with E-state index in [0.29, 0.717) is 5.92 Å². The van der Waals surface area contributed by atoms with Crippen LogP contribution in [0.3, 0.4) is 0 Å². The van der Waals surface area contributed by atoms with Gasteiger partial charge in [-0.05, 0) is 5.92 Å². The lowest BCUT2D eigenvalue weighted by molar-refractivity contribution is 0.623. The van der Waals surface area contributed by atoms with Crippen LogP contribution in [0.15, 0.2) is 0 Å². The number of fused-ring (bicyclic) bond motifs is 1. The fraction of sp³-hybridized carbons (Fsp3) is 0.700. The van der Waals surface area contributed by atoms with Crippen LogP contribution in [0.4, 0.5) is 0 Å². The third-order valence-electron chi connectivity index (χ3n) is 2.36. The Morgan fingerprint density at radius 3 is 3.00 bits per heavy atom. The highest BCUT2D eigenvalue weighted by Gasteiger charge is 2.13. The van der Waals surface area contributed by atoms with Gasteiger partial charge in [0, 0.05) is 25.9 Å². The molecule has 0 unspecified atom stereocenters. The lowest BCUT2D eigenvalue weighted by Gasteiger charge is -2.09. The normalized spacial score (nSPS) is 16.2. The van der Waals surface area contributed by atoms with Crippen LogP contribution in [0.1, 0.15) is 31.1 Å². The van der Waals surface area contributed by atoms with Crippen LogP contribution < -0.4 is 5.32 Å². The summed E-state index contributed by atoms with van der Waals surface area (Å²) in [4.78, 5) is 7.99. The van der Waals surface area contributed by atoms with Gasteiger partial charge in [0.2, 0.25) is 0 Å². The predicted octanol–water partition coefficient (Wildman–Crippen LogP) is 1.25. The molecule has 0 aromatic carbocycles. The summed E-state index contributed by atoms with van der Waals surface area (Å²) < 4.78 is 0. The van der Waals surface area contributed by atoms with E-state index in [1.165, 1.54) is 11.4 Å². The van der Waals surface area contributed by atoms with Crippen molar-refractivity contribution >= 4 is 0 Å². The van der Waals surface area contributed by atoms with E-state index in [-0.39, 0.29) is 0 Å². The van der Waals surface area contributed by atoms with Crippen LogP contribution in [0.25, 0.3) is 0 Å². The fourth-order valence-electron chi connectivity index (χ4n) is 1.76. The number of aromatic amines is 1. The van der Waals surface area contributed by atoms with Crippen molar-refractivity contribution in [2.45, 2.75) is 33.2 Å². The fourth-order valence-corrected chi connectivity index (χ4v) is 1.76. The summed E-state index contributed by atoms with van der Waals surface area (Å²) in [5.41, 5.74) is 2.57. The predicted molar refractivity (Wildman–Crippen MR) is 52.5 cm³/mol. The number of hydrogen-bond acceptors (Lipinski definition) is 2. The lowest BCUT2D eigenvalue weighted by Crippen LogP contribution is -2.23. The molecule has 1 aromatic heterocycles. The van der Waals surface area contributed by atoms with Gasteiger partial charge in [-0.25, -0.2) is 4.98 Å². The molecule has 2 rings (SSSR count). The first-order valence-electron chi connectivity index (χ1n) is 5.03. The molecule has 3 heteroatoms. The monoisotopic (exact) mass is 179 g/mol. The molecule has 1 aliphatic rings. The number of nitrogens with zero attached hydrogens (tertiary/aromatic N) is 1. The molecule has 0 bridgehead atoms. The average molecular weight is 179 g/mol. The number of H-pyrrole nitrogens is 1. The molecule has 0 saturated carbocycles. The molecule has 0 fully saturated rings. The van der Waals surface area contributed by atoms with Crippen molar-refractivity contribution in [3.8, 4) is 0 Å². The maximum atomic E-state index is 4.60. The summed E-state index contributed by atoms with van der Waals surface area (Å²) in [7, 11) is 0. The van der Waals surface area contributed by atoms with E-state index in [2.05, 4.69) is 29.1 Å². The molecule has 1 aromatic rings. The smallest absolute Gasteiger partial charge is 0.106 e. The Kier molecular flexibility index (Phi) is 2.36. The van der Waals surface area contributed by atoms with Gasteiger partial charge >= 0.3 is 0 Å². The third kappa shape index (κ3) is 1.91. The van der Waals surface area contributed by atoms with E-state index >= 15 is 0 Å². The number of imidazole rings is 1. The van der Waals surface area contributed by atoms with Crippen LogP contribution >= 0.6 is 0 Å². The summed E-state index contributed by atoms with van der Waals surface area (Å²) in [6.45, 7) is 6.47. The minimum Gasteiger partial charge on any atom is -0.345 e. The molecule has 0 spiro atoms. The quantitative estimate of drug-likeness (QED) is 0.717. The van der Waals surface area contributed by atoms with Crippen LogP contribution in [-0.2, 0) is 19.4 Å². The molecule has 0 radical (unpaired) electrons. The second-order valence-corrected chi connectivity index (χ2v) is 4.13. The van der Waals surface area contributed by atoms with Gasteiger partial charge in [0.05, 0.1) is 11.4 Å². The first kappa shape index (κ1) is 8.75. The minimum atomic E-state index is 0.681. The Bertz CT molecular complexity index is 265. The number of aromatic nitrogens is 2. The van der Waals surface area contributed by atoms with Crippen LogP contribution in [0.5, 0.6) is 0 Å². The van der Waals surface area contributed by atoms with Gasteiger partial charge in [-0.2, -0.15) is 0 Å². The first-order chi connectivity index (χ1) is 6.25. The summed E-state index contributed by atoms with van der Waals surface area (Å²) in [6, 6.07) is 0. The van der Waals surface area contributed by atoms with E-state index in [0.717, 1.165) is 31.8 Å². The molecule has 0 saturated heterocycles. The highest BCUT2D eigenvalue weighted by Crippen LogP contribution is 2.12. The Hall–Kier alpha value is -0.830. The summed E-state index contributed by atoms with van der Waals surface area (Å²) >= 11 is 0. The van der Waals surface area contributed by atoms with Gasteiger partial charge < -0.3 is 10.3 Å². The Balaban J connectivity index is 2.15.